The van der Waals surface area contributed by atoms with Crippen LogP contribution in [0.1, 0.15) is 0 Å². The monoisotopic (exact) mass is 388 g/mol. The molecule has 0 atom stereocenters. The van der Waals surface area contributed by atoms with E-state index in [0.717, 1.165) is 14.9 Å². The first kappa shape index (κ1) is 13.6. The molecule has 0 spiro atoms. The Labute approximate surface area is 130 Å². The summed E-state index contributed by atoms with van der Waals surface area (Å²) >= 11 is 13.6. The van der Waals surface area contributed by atoms with Gasteiger partial charge in [0.15, 0.2) is 5.11 Å². The van der Waals surface area contributed by atoms with Gasteiger partial charge in [0.2, 0.25) is 0 Å². The molecular formula is C13H10ClIN2S. The fourth-order valence-corrected chi connectivity index (χ4v) is 2.53. The predicted molar refractivity (Wildman–Crippen MR) is 90.5 cm³/mol. The van der Waals surface area contributed by atoms with Gasteiger partial charge >= 0.3 is 0 Å². The van der Waals surface area contributed by atoms with Crippen molar-refractivity contribution in [1.82, 2.24) is 0 Å². The Hall–Kier alpha value is -0.850. The second-order valence-electron chi connectivity index (χ2n) is 3.57. The maximum atomic E-state index is 6.12. The van der Waals surface area contributed by atoms with Crippen molar-refractivity contribution in [3.05, 3.63) is 57.1 Å². The molecule has 0 bridgehead atoms. The van der Waals surface area contributed by atoms with Crippen LogP contribution in [0.25, 0.3) is 0 Å². The van der Waals surface area contributed by atoms with Crippen LogP contribution in [0.3, 0.4) is 0 Å². The van der Waals surface area contributed by atoms with Crippen molar-refractivity contribution >= 4 is 62.9 Å². The molecule has 92 valence electrons. The van der Waals surface area contributed by atoms with Crippen LogP contribution in [0.4, 0.5) is 11.4 Å². The topological polar surface area (TPSA) is 24.1 Å². The van der Waals surface area contributed by atoms with Crippen LogP contribution in [-0.4, -0.2) is 5.11 Å². The number of benzene rings is 2. The molecule has 5 heteroatoms. The summed E-state index contributed by atoms with van der Waals surface area (Å²) in [5, 5.41) is 7.33. The van der Waals surface area contributed by atoms with E-state index < -0.39 is 0 Å². The van der Waals surface area contributed by atoms with E-state index in [1.807, 2.05) is 48.5 Å². The normalized spacial score (nSPS) is 9.89. The number of nitrogens with one attached hydrogen (secondary N) is 2. The van der Waals surface area contributed by atoms with Crippen LogP contribution in [0, 0.1) is 3.57 Å². The highest BCUT2D eigenvalue weighted by atomic mass is 127. The first-order chi connectivity index (χ1) is 8.65. The predicted octanol–water partition coefficient (Wildman–Crippen LogP) is 4.75. The molecule has 0 heterocycles. The zero-order valence-electron chi connectivity index (χ0n) is 9.28. The lowest BCUT2D eigenvalue weighted by molar-refractivity contribution is 1.58. The van der Waals surface area contributed by atoms with E-state index >= 15 is 0 Å². The fourth-order valence-electron chi connectivity index (χ4n) is 1.40. The summed E-state index contributed by atoms with van der Waals surface area (Å²) in [6, 6.07) is 15.5. The Morgan fingerprint density at radius 2 is 1.78 bits per heavy atom. The van der Waals surface area contributed by atoms with Crippen molar-refractivity contribution in [1.29, 1.82) is 0 Å². The van der Waals surface area contributed by atoms with E-state index in [-0.39, 0.29) is 0 Å². The zero-order valence-corrected chi connectivity index (χ0v) is 13.0. The summed E-state index contributed by atoms with van der Waals surface area (Å²) in [5.41, 5.74) is 1.74. The second-order valence-corrected chi connectivity index (χ2v) is 5.63. The van der Waals surface area contributed by atoms with Gasteiger partial charge in [-0.15, -0.1) is 0 Å². The average molecular weight is 389 g/mol. The molecular weight excluding hydrogens is 379 g/mol. The molecule has 2 nitrogen and oxygen atoms in total. The van der Waals surface area contributed by atoms with Crippen molar-refractivity contribution < 1.29 is 0 Å². The number of thiocarbonyl (C=S) groups is 1. The number of halogens is 2. The first-order valence-corrected chi connectivity index (χ1v) is 7.10. The minimum absolute atomic E-state index is 0.518. The highest BCUT2D eigenvalue weighted by Crippen LogP contribution is 2.24. The highest BCUT2D eigenvalue weighted by molar-refractivity contribution is 14.1. The average Bonchev–Trinajstić information content (AvgIpc) is 2.34. The molecule has 2 N–H and O–H groups in total. The number of para-hydroxylation sites is 1. The van der Waals surface area contributed by atoms with Crippen LogP contribution in [0.2, 0.25) is 5.02 Å². The third kappa shape index (κ3) is 3.83. The van der Waals surface area contributed by atoms with Crippen molar-refractivity contribution in [2.75, 3.05) is 10.6 Å². The van der Waals surface area contributed by atoms with Gasteiger partial charge in [0.1, 0.15) is 0 Å². The Morgan fingerprint density at radius 3 is 2.44 bits per heavy atom. The van der Waals surface area contributed by atoms with Crippen LogP contribution in [0.15, 0.2) is 48.5 Å². The fraction of sp³-hybridized carbons (Fsp3) is 0. The molecule has 0 fully saturated rings. The quantitative estimate of drug-likeness (QED) is 0.573. The van der Waals surface area contributed by atoms with Gasteiger partial charge in [-0.1, -0.05) is 29.8 Å². The minimum Gasteiger partial charge on any atom is -0.332 e. The van der Waals surface area contributed by atoms with E-state index in [2.05, 4.69) is 33.2 Å². The van der Waals surface area contributed by atoms with E-state index in [4.69, 9.17) is 23.8 Å². The zero-order chi connectivity index (χ0) is 13.0. The first-order valence-electron chi connectivity index (χ1n) is 5.23. The molecule has 0 aliphatic rings. The van der Waals surface area contributed by atoms with Crippen molar-refractivity contribution in [2.24, 2.45) is 0 Å². The molecule has 0 amide bonds. The Kier molecular flexibility index (Phi) is 4.79. The lowest BCUT2D eigenvalue weighted by atomic mass is 10.3. The maximum Gasteiger partial charge on any atom is 0.175 e. The van der Waals surface area contributed by atoms with E-state index in [0.29, 0.717) is 10.1 Å². The van der Waals surface area contributed by atoms with Gasteiger partial charge in [-0.05, 0) is 65.1 Å². The molecule has 0 saturated heterocycles. The van der Waals surface area contributed by atoms with Gasteiger partial charge in [0, 0.05) is 9.26 Å². The number of hydrogen-bond acceptors (Lipinski definition) is 1. The van der Waals surface area contributed by atoms with Crippen LogP contribution in [0.5, 0.6) is 0 Å². The van der Waals surface area contributed by atoms with Gasteiger partial charge in [0.25, 0.3) is 0 Å². The van der Waals surface area contributed by atoms with Crippen molar-refractivity contribution in [2.45, 2.75) is 0 Å². The SMILES string of the molecule is S=C(Nc1ccccc1)Nc1ccc(I)cc1Cl. The Morgan fingerprint density at radius 1 is 1.06 bits per heavy atom. The van der Waals surface area contributed by atoms with Crippen LogP contribution in [-0.2, 0) is 0 Å². The van der Waals surface area contributed by atoms with E-state index in [9.17, 15) is 0 Å². The molecule has 0 aliphatic heterocycles. The lowest BCUT2D eigenvalue weighted by Gasteiger charge is -2.11. The van der Waals surface area contributed by atoms with Gasteiger partial charge < -0.3 is 10.6 Å². The van der Waals surface area contributed by atoms with Gasteiger partial charge in [0.05, 0.1) is 10.7 Å². The summed E-state index contributed by atoms with van der Waals surface area (Å²) in [5.74, 6) is 0. The Balaban J connectivity index is 2.03. The minimum atomic E-state index is 0.518. The standard InChI is InChI=1S/C13H10ClIN2S/c14-11-8-9(15)6-7-12(11)17-13(18)16-10-4-2-1-3-5-10/h1-8H,(H2,16,17,18). The van der Waals surface area contributed by atoms with Crippen molar-refractivity contribution in [3.8, 4) is 0 Å². The number of rotatable bonds is 2. The maximum absolute atomic E-state index is 6.12. The summed E-state index contributed by atoms with van der Waals surface area (Å²) in [6.45, 7) is 0. The largest absolute Gasteiger partial charge is 0.332 e. The van der Waals surface area contributed by atoms with Crippen LogP contribution < -0.4 is 10.6 Å². The summed E-state index contributed by atoms with van der Waals surface area (Å²) in [7, 11) is 0. The number of hydrogen-bond donors (Lipinski definition) is 2. The molecule has 0 radical (unpaired) electrons. The highest BCUT2D eigenvalue weighted by Gasteiger charge is 2.03. The molecule has 0 aromatic heterocycles. The third-order valence-corrected chi connectivity index (χ3v) is 3.40. The smallest absolute Gasteiger partial charge is 0.175 e. The van der Waals surface area contributed by atoms with Gasteiger partial charge in [-0.2, -0.15) is 0 Å². The van der Waals surface area contributed by atoms with Gasteiger partial charge in [-0.3, -0.25) is 0 Å². The number of anilines is 2. The molecule has 2 aromatic rings. The molecule has 2 aromatic carbocycles. The van der Waals surface area contributed by atoms with Crippen molar-refractivity contribution in [3.63, 3.8) is 0 Å². The molecule has 2 rings (SSSR count). The third-order valence-electron chi connectivity index (χ3n) is 2.21. The molecule has 0 aliphatic carbocycles. The summed E-state index contributed by atoms with van der Waals surface area (Å²) in [6.07, 6.45) is 0. The molecule has 0 unspecified atom stereocenters. The summed E-state index contributed by atoms with van der Waals surface area (Å²) < 4.78 is 1.09. The second kappa shape index (κ2) is 6.36. The molecule has 18 heavy (non-hydrogen) atoms. The van der Waals surface area contributed by atoms with Crippen LogP contribution >= 0.6 is 46.4 Å². The molecule has 0 saturated carbocycles. The Bertz CT molecular complexity index is 560. The van der Waals surface area contributed by atoms with Gasteiger partial charge in [-0.25, -0.2) is 0 Å². The van der Waals surface area contributed by atoms with E-state index in [1.54, 1.807) is 0 Å². The lowest BCUT2D eigenvalue weighted by Crippen LogP contribution is -2.19. The van der Waals surface area contributed by atoms with E-state index in [1.165, 1.54) is 0 Å². The summed E-state index contributed by atoms with van der Waals surface area (Å²) in [4.78, 5) is 0.